The van der Waals surface area contributed by atoms with Crippen molar-refractivity contribution >= 4 is 23.0 Å². The monoisotopic (exact) mass is 503 g/mol. The minimum absolute atomic E-state index is 0.109. The molecule has 0 spiro atoms. The molecule has 2 atom stereocenters. The van der Waals surface area contributed by atoms with E-state index in [4.69, 9.17) is 17.0 Å². The molecule has 0 amide bonds. The summed E-state index contributed by atoms with van der Waals surface area (Å²) < 4.78 is 8.24. The molecule has 6 nitrogen and oxygen atoms in total. The van der Waals surface area contributed by atoms with Gasteiger partial charge in [0.05, 0.1) is 24.0 Å². The van der Waals surface area contributed by atoms with Gasteiger partial charge in [0.2, 0.25) is 0 Å². The van der Waals surface area contributed by atoms with Crippen LogP contribution in [0.25, 0.3) is 0 Å². The van der Waals surface area contributed by atoms with Gasteiger partial charge in [0.15, 0.2) is 5.11 Å². The largest absolute Gasteiger partial charge is 0.457 e. The standard InChI is InChI=1S/C30H25N5OS/c37-30-33-28(26-12-5-7-19-32-26)29(27-13-8-20-34(27)21-22-9-4-6-18-31-22)35(30)23-14-16-25(17-15-23)36-24-10-2-1-3-11-24/h1-20,28-29H,21H2,(H,33,37)/t28-,29-/m0/s1. The Labute approximate surface area is 221 Å². The molecule has 1 aliphatic rings. The highest BCUT2D eigenvalue weighted by molar-refractivity contribution is 7.80. The summed E-state index contributed by atoms with van der Waals surface area (Å²) in [4.78, 5) is 11.4. The average Bonchev–Trinajstić information content (AvgIpc) is 3.54. The van der Waals surface area contributed by atoms with Gasteiger partial charge in [-0.2, -0.15) is 0 Å². The quantitative estimate of drug-likeness (QED) is 0.263. The second-order valence-corrected chi connectivity index (χ2v) is 9.17. The molecule has 7 heteroatoms. The first-order valence-corrected chi connectivity index (χ1v) is 12.6. The number of ether oxygens (including phenoxy) is 1. The van der Waals surface area contributed by atoms with Crippen LogP contribution in [-0.4, -0.2) is 19.6 Å². The molecule has 0 unspecified atom stereocenters. The number of anilines is 1. The molecule has 182 valence electrons. The van der Waals surface area contributed by atoms with E-state index in [1.165, 1.54) is 0 Å². The van der Waals surface area contributed by atoms with Gasteiger partial charge in [-0.05, 0) is 85.0 Å². The maximum Gasteiger partial charge on any atom is 0.174 e. The summed E-state index contributed by atoms with van der Waals surface area (Å²) in [6.07, 6.45) is 5.74. The van der Waals surface area contributed by atoms with Crippen molar-refractivity contribution in [3.63, 3.8) is 0 Å². The Hall–Kier alpha value is -4.49. The molecular weight excluding hydrogens is 478 g/mol. The Morgan fingerprint density at radius 2 is 1.49 bits per heavy atom. The van der Waals surface area contributed by atoms with Crippen LogP contribution in [0.1, 0.15) is 29.2 Å². The van der Waals surface area contributed by atoms with Crippen molar-refractivity contribution in [3.8, 4) is 11.5 Å². The van der Waals surface area contributed by atoms with E-state index in [-0.39, 0.29) is 12.1 Å². The third-order valence-corrected chi connectivity index (χ3v) is 6.73. The first kappa shape index (κ1) is 22.9. The second-order valence-electron chi connectivity index (χ2n) is 8.79. The van der Waals surface area contributed by atoms with Gasteiger partial charge in [0.25, 0.3) is 0 Å². The van der Waals surface area contributed by atoms with Crippen molar-refractivity contribution in [3.05, 3.63) is 139 Å². The number of pyridine rings is 2. The Morgan fingerprint density at radius 1 is 0.757 bits per heavy atom. The third-order valence-electron chi connectivity index (χ3n) is 6.42. The van der Waals surface area contributed by atoms with Gasteiger partial charge in [-0.25, -0.2) is 0 Å². The van der Waals surface area contributed by atoms with E-state index in [0.29, 0.717) is 11.7 Å². The van der Waals surface area contributed by atoms with Gasteiger partial charge >= 0.3 is 0 Å². The lowest BCUT2D eigenvalue weighted by Gasteiger charge is -2.29. The summed E-state index contributed by atoms with van der Waals surface area (Å²) in [5, 5.41) is 4.19. The van der Waals surface area contributed by atoms with E-state index in [9.17, 15) is 0 Å². The van der Waals surface area contributed by atoms with Crippen LogP contribution >= 0.6 is 12.2 Å². The van der Waals surface area contributed by atoms with Crippen LogP contribution in [0.5, 0.6) is 11.5 Å². The predicted molar refractivity (Wildman–Crippen MR) is 149 cm³/mol. The number of para-hydroxylation sites is 1. The first-order chi connectivity index (χ1) is 18.3. The fourth-order valence-corrected chi connectivity index (χ4v) is 5.08. The van der Waals surface area contributed by atoms with Gasteiger partial charge in [0.1, 0.15) is 17.5 Å². The van der Waals surface area contributed by atoms with Crippen LogP contribution in [0.4, 0.5) is 5.69 Å². The lowest BCUT2D eigenvalue weighted by molar-refractivity contribution is 0.482. The van der Waals surface area contributed by atoms with Crippen LogP contribution in [0.15, 0.2) is 122 Å². The molecule has 1 N–H and O–H groups in total. The Balaban J connectivity index is 1.36. The van der Waals surface area contributed by atoms with Crippen molar-refractivity contribution < 1.29 is 4.74 Å². The van der Waals surface area contributed by atoms with Crippen molar-refractivity contribution in [2.75, 3.05) is 4.90 Å². The van der Waals surface area contributed by atoms with Crippen LogP contribution in [0.3, 0.4) is 0 Å². The molecule has 0 saturated carbocycles. The van der Waals surface area contributed by atoms with Crippen molar-refractivity contribution in [2.24, 2.45) is 0 Å². The number of hydrogen-bond donors (Lipinski definition) is 1. The zero-order valence-corrected chi connectivity index (χ0v) is 20.8. The number of benzene rings is 2. The molecule has 0 radical (unpaired) electrons. The average molecular weight is 504 g/mol. The number of nitrogens with zero attached hydrogens (tertiary/aromatic N) is 4. The highest BCUT2D eigenvalue weighted by Gasteiger charge is 2.42. The summed E-state index contributed by atoms with van der Waals surface area (Å²) >= 11 is 5.90. The highest BCUT2D eigenvalue weighted by Crippen LogP contribution is 2.42. The van der Waals surface area contributed by atoms with Gasteiger partial charge < -0.3 is 19.5 Å². The van der Waals surface area contributed by atoms with E-state index in [2.05, 4.69) is 43.1 Å². The summed E-state index contributed by atoms with van der Waals surface area (Å²) in [7, 11) is 0. The Bertz CT molecular complexity index is 1470. The van der Waals surface area contributed by atoms with Crippen LogP contribution < -0.4 is 15.0 Å². The van der Waals surface area contributed by atoms with E-state index in [0.717, 1.165) is 34.3 Å². The molecule has 1 aliphatic heterocycles. The van der Waals surface area contributed by atoms with E-state index in [1.807, 2.05) is 103 Å². The SMILES string of the molecule is S=C1N[C@@H](c2ccccn2)[C@H](c2cccn2Cc2ccccn2)N1c1ccc(Oc2ccccc2)cc1. The molecule has 1 fully saturated rings. The normalized spacial score (nSPS) is 17.0. The minimum atomic E-state index is -0.119. The Kier molecular flexibility index (Phi) is 6.35. The maximum atomic E-state index is 6.01. The topological polar surface area (TPSA) is 55.2 Å². The molecule has 5 aromatic rings. The molecule has 0 aliphatic carbocycles. The maximum absolute atomic E-state index is 6.01. The van der Waals surface area contributed by atoms with Gasteiger partial charge in [-0.15, -0.1) is 0 Å². The smallest absolute Gasteiger partial charge is 0.174 e. The fourth-order valence-electron chi connectivity index (χ4n) is 4.74. The number of aromatic nitrogens is 3. The second kappa shape index (κ2) is 10.2. The number of nitrogens with one attached hydrogen (secondary N) is 1. The summed E-state index contributed by atoms with van der Waals surface area (Å²) in [5.74, 6) is 1.57. The van der Waals surface area contributed by atoms with Gasteiger partial charge in [-0.1, -0.05) is 30.3 Å². The summed E-state index contributed by atoms with van der Waals surface area (Å²) in [5.41, 5.74) is 4.04. The molecule has 2 aromatic carbocycles. The summed E-state index contributed by atoms with van der Waals surface area (Å²) in [6.45, 7) is 0.666. The molecule has 37 heavy (non-hydrogen) atoms. The van der Waals surface area contributed by atoms with Crippen molar-refractivity contribution in [2.45, 2.75) is 18.6 Å². The van der Waals surface area contributed by atoms with Crippen LogP contribution in [0, 0.1) is 0 Å². The first-order valence-electron chi connectivity index (χ1n) is 12.1. The fraction of sp³-hybridized carbons (Fsp3) is 0.100. The molecule has 3 aromatic heterocycles. The third kappa shape index (κ3) is 4.81. The van der Waals surface area contributed by atoms with E-state index >= 15 is 0 Å². The van der Waals surface area contributed by atoms with Gasteiger partial charge in [-0.3, -0.25) is 9.97 Å². The lowest BCUT2D eigenvalue weighted by Crippen LogP contribution is -2.30. The molecule has 0 bridgehead atoms. The molecule has 6 rings (SSSR count). The predicted octanol–water partition coefficient (Wildman–Crippen LogP) is 6.30. The Morgan fingerprint density at radius 3 is 2.22 bits per heavy atom. The lowest BCUT2D eigenvalue weighted by atomic mass is 10.0. The number of thiocarbonyl (C=S) groups is 1. The van der Waals surface area contributed by atoms with Crippen LogP contribution in [-0.2, 0) is 6.54 Å². The molecular formula is C30H25N5OS. The summed E-state index contributed by atoms with van der Waals surface area (Å²) in [6, 6.07) is 33.8. The minimum Gasteiger partial charge on any atom is -0.457 e. The zero-order chi connectivity index (χ0) is 25.0. The zero-order valence-electron chi connectivity index (χ0n) is 20.0. The molecule has 4 heterocycles. The van der Waals surface area contributed by atoms with Gasteiger partial charge in [0, 0.05) is 30.0 Å². The van der Waals surface area contributed by atoms with E-state index in [1.54, 1.807) is 0 Å². The highest BCUT2D eigenvalue weighted by atomic mass is 32.1. The van der Waals surface area contributed by atoms with E-state index < -0.39 is 0 Å². The van der Waals surface area contributed by atoms with Crippen molar-refractivity contribution in [1.82, 2.24) is 19.9 Å². The van der Waals surface area contributed by atoms with Crippen LogP contribution in [0.2, 0.25) is 0 Å². The molecule has 1 saturated heterocycles. The number of hydrogen-bond acceptors (Lipinski definition) is 4. The number of rotatable bonds is 7. The van der Waals surface area contributed by atoms with Crippen molar-refractivity contribution in [1.29, 1.82) is 0 Å².